The van der Waals surface area contributed by atoms with Crippen molar-refractivity contribution in [3.63, 3.8) is 0 Å². The molecule has 0 spiro atoms. The van der Waals surface area contributed by atoms with Crippen molar-refractivity contribution in [3.05, 3.63) is 24.3 Å². The van der Waals surface area contributed by atoms with E-state index >= 15 is 0 Å². The molecule has 6 heteroatoms. The molecule has 1 amide bonds. The highest BCUT2D eigenvalue weighted by Gasteiger charge is 2.20. The van der Waals surface area contributed by atoms with Gasteiger partial charge in [-0.3, -0.25) is 9.59 Å². The number of esters is 1. The van der Waals surface area contributed by atoms with Gasteiger partial charge in [0.2, 0.25) is 5.91 Å². The third-order valence-corrected chi connectivity index (χ3v) is 11.3. The standard InChI is InChI=1S/C50H95NO5/c1-3-5-7-9-11-13-14-15-17-21-24-28-32-36-40-44-50(55)56-45-41-37-33-29-25-22-19-16-18-20-23-27-31-35-39-43-49(54)51-47(46-52)48(53)42-38-34-30-26-12-10-8-6-4-2/h16,19,22,25,47-48,52-53H,3-15,17-18,20-21,23-24,26-46H2,1-2H3,(H,51,54)/b19-16-,25-22-. The lowest BCUT2D eigenvalue weighted by molar-refractivity contribution is -0.143. The van der Waals surface area contributed by atoms with Crippen LogP contribution in [0.3, 0.4) is 0 Å². The zero-order chi connectivity index (χ0) is 40.8. The van der Waals surface area contributed by atoms with Gasteiger partial charge in [-0.25, -0.2) is 0 Å². The first kappa shape index (κ1) is 54.3. The maximum absolute atomic E-state index is 12.4. The number of amides is 1. The zero-order valence-corrected chi connectivity index (χ0v) is 37.4. The van der Waals surface area contributed by atoms with Crippen LogP contribution in [-0.4, -0.2) is 47.4 Å². The molecule has 56 heavy (non-hydrogen) atoms. The molecule has 0 aromatic heterocycles. The molecule has 0 saturated heterocycles. The van der Waals surface area contributed by atoms with E-state index in [0.717, 1.165) is 77.0 Å². The summed E-state index contributed by atoms with van der Waals surface area (Å²) in [6.07, 6.45) is 52.9. The van der Waals surface area contributed by atoms with E-state index in [-0.39, 0.29) is 18.5 Å². The van der Waals surface area contributed by atoms with Crippen LogP contribution in [0.15, 0.2) is 24.3 Å². The summed E-state index contributed by atoms with van der Waals surface area (Å²) in [5, 5.41) is 23.0. The molecule has 2 atom stereocenters. The SMILES string of the molecule is CCCCCCCCCCCCCCCCCC(=O)OCCCCC/C=C\C=C/CCCCCCCCC(=O)NC(CO)C(O)CCCCCCCCCCC. The summed E-state index contributed by atoms with van der Waals surface area (Å²) in [5.74, 6) is -0.0799. The molecule has 0 bridgehead atoms. The third kappa shape index (κ3) is 42.0. The second-order valence-electron chi connectivity index (χ2n) is 16.8. The van der Waals surface area contributed by atoms with Gasteiger partial charge in [-0.05, 0) is 57.8 Å². The Balaban J connectivity index is 3.49. The lowest BCUT2D eigenvalue weighted by Crippen LogP contribution is -2.45. The van der Waals surface area contributed by atoms with E-state index in [4.69, 9.17) is 4.74 Å². The molecule has 0 aromatic carbocycles. The summed E-state index contributed by atoms with van der Waals surface area (Å²) in [6.45, 7) is 4.87. The Hall–Kier alpha value is -1.66. The van der Waals surface area contributed by atoms with Gasteiger partial charge in [0.15, 0.2) is 0 Å². The average Bonchev–Trinajstić information content (AvgIpc) is 3.20. The number of aliphatic hydroxyl groups is 2. The molecule has 0 radical (unpaired) electrons. The highest BCUT2D eigenvalue weighted by atomic mass is 16.5. The highest BCUT2D eigenvalue weighted by molar-refractivity contribution is 5.76. The van der Waals surface area contributed by atoms with Gasteiger partial charge in [0.25, 0.3) is 0 Å². The number of ether oxygens (including phenoxy) is 1. The molecule has 0 rings (SSSR count). The molecular weight excluding hydrogens is 695 g/mol. The van der Waals surface area contributed by atoms with E-state index in [1.165, 1.54) is 148 Å². The van der Waals surface area contributed by atoms with Crippen molar-refractivity contribution < 1.29 is 24.5 Å². The van der Waals surface area contributed by atoms with Crippen LogP contribution in [0.5, 0.6) is 0 Å². The third-order valence-electron chi connectivity index (χ3n) is 11.3. The molecule has 0 aliphatic heterocycles. The first-order valence-corrected chi connectivity index (χ1v) is 24.6. The first-order valence-electron chi connectivity index (χ1n) is 24.6. The number of nitrogens with one attached hydrogen (secondary N) is 1. The molecule has 0 aliphatic rings. The molecule has 2 unspecified atom stereocenters. The number of hydrogen-bond acceptors (Lipinski definition) is 5. The summed E-state index contributed by atoms with van der Waals surface area (Å²) in [6, 6.07) is -0.555. The smallest absolute Gasteiger partial charge is 0.305 e. The van der Waals surface area contributed by atoms with E-state index in [1.807, 2.05) is 0 Å². The fourth-order valence-electron chi connectivity index (χ4n) is 7.45. The number of unbranched alkanes of at least 4 members (excludes halogenated alkanes) is 31. The second kappa shape index (κ2) is 46.0. The first-order chi connectivity index (χ1) is 27.5. The molecule has 0 saturated carbocycles. The van der Waals surface area contributed by atoms with E-state index in [2.05, 4.69) is 43.5 Å². The lowest BCUT2D eigenvalue weighted by atomic mass is 10.0. The molecule has 6 nitrogen and oxygen atoms in total. The van der Waals surface area contributed by atoms with Crippen molar-refractivity contribution in [1.82, 2.24) is 5.32 Å². The largest absolute Gasteiger partial charge is 0.466 e. The minimum absolute atomic E-state index is 0.0195. The van der Waals surface area contributed by atoms with Gasteiger partial charge < -0.3 is 20.3 Å². The van der Waals surface area contributed by atoms with Crippen LogP contribution < -0.4 is 5.32 Å². The maximum atomic E-state index is 12.4. The van der Waals surface area contributed by atoms with Crippen LogP contribution in [-0.2, 0) is 14.3 Å². The van der Waals surface area contributed by atoms with Gasteiger partial charge in [-0.1, -0.05) is 212 Å². The topological polar surface area (TPSA) is 95.9 Å². The van der Waals surface area contributed by atoms with E-state index in [1.54, 1.807) is 0 Å². The zero-order valence-electron chi connectivity index (χ0n) is 37.4. The van der Waals surface area contributed by atoms with Crippen LogP contribution in [0, 0.1) is 0 Å². The Morgan fingerprint density at radius 1 is 0.500 bits per heavy atom. The van der Waals surface area contributed by atoms with Gasteiger partial charge in [0.05, 0.1) is 25.4 Å². The number of rotatable bonds is 45. The Labute approximate surface area is 348 Å². The quantitative estimate of drug-likeness (QED) is 0.0324. The number of allylic oxidation sites excluding steroid dienone is 4. The average molecular weight is 790 g/mol. The van der Waals surface area contributed by atoms with E-state index in [9.17, 15) is 19.8 Å². The van der Waals surface area contributed by atoms with Gasteiger partial charge in [0, 0.05) is 12.8 Å². The fourth-order valence-corrected chi connectivity index (χ4v) is 7.45. The summed E-state index contributed by atoms with van der Waals surface area (Å²) in [5.41, 5.74) is 0. The van der Waals surface area contributed by atoms with Gasteiger partial charge >= 0.3 is 5.97 Å². The molecule has 0 aromatic rings. The van der Waals surface area contributed by atoms with Crippen molar-refractivity contribution in [3.8, 4) is 0 Å². The number of hydrogen-bond donors (Lipinski definition) is 3. The monoisotopic (exact) mass is 790 g/mol. The van der Waals surface area contributed by atoms with Crippen molar-refractivity contribution in [2.75, 3.05) is 13.2 Å². The Bertz CT molecular complexity index is 874. The summed E-state index contributed by atoms with van der Waals surface area (Å²) >= 11 is 0. The van der Waals surface area contributed by atoms with E-state index in [0.29, 0.717) is 25.9 Å². The normalized spacial score (nSPS) is 12.9. The molecule has 330 valence electrons. The van der Waals surface area contributed by atoms with Gasteiger partial charge in [0.1, 0.15) is 0 Å². The maximum Gasteiger partial charge on any atom is 0.305 e. The molecular formula is C50H95NO5. The summed E-state index contributed by atoms with van der Waals surface area (Å²) in [7, 11) is 0. The predicted octanol–water partition coefficient (Wildman–Crippen LogP) is 14.3. The number of carbonyl (C=O) groups is 2. The molecule has 0 aliphatic carbocycles. The van der Waals surface area contributed by atoms with Gasteiger partial charge in [-0.15, -0.1) is 0 Å². The Morgan fingerprint density at radius 3 is 1.32 bits per heavy atom. The van der Waals surface area contributed by atoms with Crippen molar-refractivity contribution in [1.29, 1.82) is 0 Å². The van der Waals surface area contributed by atoms with Crippen molar-refractivity contribution >= 4 is 11.9 Å². The number of aliphatic hydroxyl groups excluding tert-OH is 2. The molecule has 0 fully saturated rings. The van der Waals surface area contributed by atoms with Crippen LogP contribution in [0.1, 0.15) is 258 Å². The summed E-state index contributed by atoms with van der Waals surface area (Å²) < 4.78 is 5.44. The van der Waals surface area contributed by atoms with Gasteiger partial charge in [-0.2, -0.15) is 0 Å². The predicted molar refractivity (Wildman–Crippen MR) is 241 cm³/mol. The second-order valence-corrected chi connectivity index (χ2v) is 16.8. The Kier molecular flexibility index (Phi) is 44.7. The van der Waals surface area contributed by atoms with Crippen LogP contribution in [0.2, 0.25) is 0 Å². The minimum Gasteiger partial charge on any atom is -0.466 e. The summed E-state index contributed by atoms with van der Waals surface area (Å²) in [4.78, 5) is 24.4. The fraction of sp³-hybridized carbons (Fsp3) is 0.880. The van der Waals surface area contributed by atoms with Crippen molar-refractivity contribution in [2.24, 2.45) is 0 Å². The molecule has 0 heterocycles. The minimum atomic E-state index is -0.675. The Morgan fingerprint density at radius 2 is 0.875 bits per heavy atom. The molecule has 3 N–H and O–H groups in total. The van der Waals surface area contributed by atoms with E-state index < -0.39 is 12.1 Å². The van der Waals surface area contributed by atoms with Crippen molar-refractivity contribution in [2.45, 2.75) is 270 Å². The lowest BCUT2D eigenvalue weighted by Gasteiger charge is -2.22. The van der Waals surface area contributed by atoms with Crippen LogP contribution in [0.4, 0.5) is 0 Å². The van der Waals surface area contributed by atoms with Crippen LogP contribution in [0.25, 0.3) is 0 Å². The number of carbonyl (C=O) groups excluding carboxylic acids is 2. The highest BCUT2D eigenvalue weighted by Crippen LogP contribution is 2.16. The van der Waals surface area contributed by atoms with Crippen LogP contribution >= 0.6 is 0 Å².